The van der Waals surface area contributed by atoms with Crippen molar-refractivity contribution in [2.24, 2.45) is 0 Å². The van der Waals surface area contributed by atoms with Gasteiger partial charge in [-0.05, 0) is 31.9 Å². The normalized spacial score (nSPS) is 17.5. The van der Waals surface area contributed by atoms with Gasteiger partial charge in [-0.3, -0.25) is 9.59 Å². The minimum Gasteiger partial charge on any atom is -0.455 e. The van der Waals surface area contributed by atoms with E-state index >= 15 is 0 Å². The maximum Gasteiger partial charge on any atom is 0.257 e. The van der Waals surface area contributed by atoms with E-state index in [0.29, 0.717) is 29.7 Å². The first-order valence-corrected chi connectivity index (χ1v) is 12.8. The number of carbonyl (C=O) groups is 1. The molecule has 32 heavy (non-hydrogen) atoms. The number of hydrogen-bond acceptors (Lipinski definition) is 5. The largest absolute Gasteiger partial charge is 0.455 e. The molecule has 7 heteroatoms. The summed E-state index contributed by atoms with van der Waals surface area (Å²) in [5.74, 6) is 0.213. The second-order valence-corrected chi connectivity index (χ2v) is 10.6. The highest BCUT2D eigenvalue weighted by atomic mass is 32.2. The van der Waals surface area contributed by atoms with Crippen LogP contribution in [0.15, 0.2) is 57.7 Å². The molecule has 1 unspecified atom stereocenters. The van der Waals surface area contributed by atoms with E-state index in [-0.39, 0.29) is 40.0 Å². The monoisotopic (exact) mass is 453 g/mol. The fourth-order valence-corrected chi connectivity index (χ4v) is 6.03. The molecule has 1 aliphatic heterocycles. The van der Waals surface area contributed by atoms with Gasteiger partial charge in [0.25, 0.3) is 5.91 Å². The third-order valence-corrected chi connectivity index (χ3v) is 7.82. The van der Waals surface area contributed by atoms with E-state index in [0.717, 1.165) is 18.4 Å². The molecule has 4 rings (SSSR count). The van der Waals surface area contributed by atoms with Crippen molar-refractivity contribution in [2.75, 3.05) is 18.1 Å². The maximum atomic E-state index is 13.7. The molecule has 2 aromatic carbocycles. The van der Waals surface area contributed by atoms with Crippen LogP contribution in [0.25, 0.3) is 22.3 Å². The third-order valence-electron chi connectivity index (χ3n) is 6.07. The fraction of sp³-hybridized carbons (Fsp3) is 0.360. The Morgan fingerprint density at radius 1 is 1.12 bits per heavy atom. The number of sulfone groups is 1. The summed E-state index contributed by atoms with van der Waals surface area (Å²) in [5, 5.41) is 0.350. The summed E-state index contributed by atoms with van der Waals surface area (Å²) in [7, 11) is -3.15. The molecule has 1 fully saturated rings. The van der Waals surface area contributed by atoms with Crippen LogP contribution in [-0.4, -0.2) is 43.3 Å². The number of unbranched alkanes of at least 4 members (excludes halogenated alkanes) is 1. The van der Waals surface area contributed by atoms with Gasteiger partial charge in [-0.15, -0.1) is 0 Å². The molecular formula is C25H27NO5S. The zero-order valence-electron chi connectivity index (χ0n) is 18.3. The molecule has 1 aromatic heterocycles. The molecule has 1 atom stereocenters. The van der Waals surface area contributed by atoms with Crippen molar-refractivity contribution >= 4 is 26.7 Å². The summed E-state index contributed by atoms with van der Waals surface area (Å²) in [6.07, 6.45) is 2.08. The molecule has 0 radical (unpaired) electrons. The molecule has 1 amide bonds. The standard InChI is InChI=1S/C25H27NO5S/c1-3-4-14-26(19-13-15-32(29,30)16-19)25(28)21-12-8-11-20-22(27)17(2)23(31-24(20)21)18-9-6-5-7-10-18/h5-12,19H,3-4,13-16H2,1-2H3. The van der Waals surface area contributed by atoms with E-state index in [2.05, 4.69) is 0 Å². The Hall–Kier alpha value is -2.93. The van der Waals surface area contributed by atoms with Crippen LogP contribution in [0.2, 0.25) is 0 Å². The molecule has 1 saturated heterocycles. The van der Waals surface area contributed by atoms with Crippen molar-refractivity contribution < 1.29 is 17.6 Å². The van der Waals surface area contributed by atoms with Crippen molar-refractivity contribution in [1.29, 1.82) is 0 Å². The van der Waals surface area contributed by atoms with Crippen LogP contribution in [0.3, 0.4) is 0 Å². The zero-order chi connectivity index (χ0) is 22.9. The van der Waals surface area contributed by atoms with E-state index in [1.807, 2.05) is 37.3 Å². The molecule has 2 heterocycles. The molecule has 0 aliphatic carbocycles. The number of nitrogens with zero attached hydrogens (tertiary/aromatic N) is 1. The van der Waals surface area contributed by atoms with Gasteiger partial charge in [0.1, 0.15) is 5.76 Å². The molecule has 6 nitrogen and oxygen atoms in total. The molecule has 1 aliphatic rings. The average Bonchev–Trinajstić information content (AvgIpc) is 3.15. The number of amides is 1. The van der Waals surface area contributed by atoms with Gasteiger partial charge in [0.05, 0.1) is 22.5 Å². The van der Waals surface area contributed by atoms with Crippen LogP contribution in [0, 0.1) is 6.92 Å². The van der Waals surface area contributed by atoms with Crippen molar-refractivity contribution in [3.63, 3.8) is 0 Å². The van der Waals surface area contributed by atoms with Crippen LogP contribution in [0.5, 0.6) is 0 Å². The lowest BCUT2D eigenvalue weighted by atomic mass is 10.0. The highest BCUT2D eigenvalue weighted by Crippen LogP contribution is 2.29. The van der Waals surface area contributed by atoms with Crippen LogP contribution < -0.4 is 5.43 Å². The smallest absolute Gasteiger partial charge is 0.257 e. The van der Waals surface area contributed by atoms with Gasteiger partial charge in [-0.1, -0.05) is 49.7 Å². The number of rotatable bonds is 6. The van der Waals surface area contributed by atoms with Crippen molar-refractivity contribution in [3.8, 4) is 11.3 Å². The zero-order valence-corrected chi connectivity index (χ0v) is 19.2. The minimum absolute atomic E-state index is 0.0223. The first kappa shape index (κ1) is 22.3. The molecule has 0 bridgehead atoms. The van der Waals surface area contributed by atoms with Gasteiger partial charge in [0, 0.05) is 23.7 Å². The SMILES string of the molecule is CCCCN(C(=O)c1cccc2c(=O)c(C)c(-c3ccccc3)oc12)C1CCS(=O)(=O)C1. The second-order valence-electron chi connectivity index (χ2n) is 8.34. The lowest BCUT2D eigenvalue weighted by molar-refractivity contribution is 0.0695. The van der Waals surface area contributed by atoms with Gasteiger partial charge in [-0.25, -0.2) is 8.42 Å². The number of fused-ring (bicyclic) bond motifs is 1. The molecule has 0 N–H and O–H groups in total. The maximum absolute atomic E-state index is 13.7. The topological polar surface area (TPSA) is 84.7 Å². The molecule has 168 valence electrons. The van der Waals surface area contributed by atoms with Gasteiger partial charge < -0.3 is 9.32 Å². The Morgan fingerprint density at radius 2 is 1.88 bits per heavy atom. The van der Waals surface area contributed by atoms with Crippen LogP contribution in [0.4, 0.5) is 0 Å². The predicted molar refractivity (Wildman–Crippen MR) is 126 cm³/mol. The average molecular weight is 454 g/mol. The summed E-state index contributed by atoms with van der Waals surface area (Å²) < 4.78 is 30.4. The molecular weight excluding hydrogens is 426 g/mol. The third kappa shape index (κ3) is 4.21. The van der Waals surface area contributed by atoms with E-state index in [1.165, 1.54) is 0 Å². The van der Waals surface area contributed by atoms with Crippen LogP contribution in [0.1, 0.15) is 42.1 Å². The Bertz CT molecular complexity index is 1310. The van der Waals surface area contributed by atoms with E-state index in [9.17, 15) is 18.0 Å². The van der Waals surface area contributed by atoms with E-state index in [4.69, 9.17) is 4.42 Å². The lowest BCUT2D eigenvalue weighted by Gasteiger charge is -2.28. The second kappa shape index (κ2) is 8.90. The summed E-state index contributed by atoms with van der Waals surface area (Å²) in [4.78, 5) is 28.4. The molecule has 0 saturated carbocycles. The Kier molecular flexibility index (Phi) is 6.20. The first-order valence-electron chi connectivity index (χ1n) is 11.0. The van der Waals surface area contributed by atoms with Gasteiger partial charge in [0.2, 0.25) is 0 Å². The number of para-hydroxylation sites is 1. The van der Waals surface area contributed by atoms with Crippen LogP contribution >= 0.6 is 0 Å². The molecule has 0 spiro atoms. The summed E-state index contributed by atoms with van der Waals surface area (Å²) in [6, 6.07) is 14.0. The number of hydrogen-bond donors (Lipinski definition) is 0. The number of benzene rings is 2. The fourth-order valence-electron chi connectivity index (χ4n) is 4.30. The minimum atomic E-state index is -3.15. The Morgan fingerprint density at radius 3 is 2.53 bits per heavy atom. The summed E-state index contributed by atoms with van der Waals surface area (Å²) in [5.41, 5.74) is 1.60. The predicted octanol–water partition coefficient (Wildman–Crippen LogP) is 4.20. The van der Waals surface area contributed by atoms with Crippen LogP contribution in [-0.2, 0) is 9.84 Å². The molecule has 3 aromatic rings. The Balaban J connectivity index is 1.84. The van der Waals surface area contributed by atoms with Gasteiger partial charge in [-0.2, -0.15) is 0 Å². The summed E-state index contributed by atoms with van der Waals surface area (Å²) >= 11 is 0. The Labute approximate surface area is 187 Å². The lowest BCUT2D eigenvalue weighted by Crippen LogP contribution is -2.42. The van der Waals surface area contributed by atoms with Gasteiger partial charge >= 0.3 is 0 Å². The van der Waals surface area contributed by atoms with Crippen molar-refractivity contribution in [2.45, 2.75) is 39.2 Å². The quantitative estimate of drug-likeness (QED) is 0.559. The van der Waals surface area contributed by atoms with Gasteiger partial charge in [0.15, 0.2) is 20.8 Å². The van der Waals surface area contributed by atoms with E-state index < -0.39 is 9.84 Å². The first-order chi connectivity index (χ1) is 15.3. The van der Waals surface area contributed by atoms with Crippen molar-refractivity contribution in [3.05, 3.63) is 69.9 Å². The van der Waals surface area contributed by atoms with E-state index in [1.54, 1.807) is 30.0 Å². The highest BCUT2D eigenvalue weighted by molar-refractivity contribution is 7.91. The van der Waals surface area contributed by atoms with Crippen molar-refractivity contribution in [1.82, 2.24) is 4.90 Å². The summed E-state index contributed by atoms with van der Waals surface area (Å²) in [6.45, 7) is 4.21. The highest BCUT2D eigenvalue weighted by Gasteiger charge is 2.35. The number of carbonyl (C=O) groups excluding carboxylic acids is 1.